The Morgan fingerprint density at radius 1 is 1.50 bits per heavy atom. The molecule has 0 aromatic carbocycles. The number of rotatable bonds is 2. The van der Waals surface area contributed by atoms with E-state index in [9.17, 15) is 12.8 Å². The summed E-state index contributed by atoms with van der Waals surface area (Å²) in [6.07, 6.45) is -1.89. The van der Waals surface area contributed by atoms with Crippen LogP contribution < -0.4 is 0 Å². The van der Waals surface area contributed by atoms with Crippen molar-refractivity contribution in [3.63, 3.8) is 0 Å². The summed E-state index contributed by atoms with van der Waals surface area (Å²) >= 11 is 5.94. The van der Waals surface area contributed by atoms with Gasteiger partial charge in [-0.3, -0.25) is 4.68 Å². The Kier molecular flexibility index (Phi) is 3.53. The van der Waals surface area contributed by atoms with Gasteiger partial charge in [0.25, 0.3) is 0 Å². The van der Waals surface area contributed by atoms with Crippen LogP contribution in [-0.2, 0) is 21.7 Å². The summed E-state index contributed by atoms with van der Waals surface area (Å²) < 4.78 is 38.4. The van der Waals surface area contributed by atoms with E-state index in [1.165, 1.54) is 25.6 Å². The number of oxime groups is 1. The Morgan fingerprint density at radius 3 is 2.50 bits per heavy atom. The van der Waals surface area contributed by atoms with Crippen LogP contribution >= 0.6 is 11.6 Å². The summed E-state index contributed by atoms with van der Waals surface area (Å²) in [5.41, 5.74) is -1.34. The summed E-state index contributed by atoms with van der Waals surface area (Å²) in [5.74, 6) is 0.369. The number of nitrogens with zero attached hydrogens (tertiary/aromatic N) is 4. The maximum absolute atomic E-state index is 14.1. The molecule has 2 heterocycles. The van der Waals surface area contributed by atoms with Gasteiger partial charge in [-0.1, -0.05) is 16.8 Å². The van der Waals surface area contributed by atoms with Gasteiger partial charge >= 0.3 is 0 Å². The minimum atomic E-state index is -4.23. The predicted molar refractivity (Wildman–Crippen MR) is 70.7 cm³/mol. The number of hydrogen-bond acceptors (Lipinski definition) is 6. The van der Waals surface area contributed by atoms with Crippen LogP contribution in [0.25, 0.3) is 0 Å². The zero-order chi connectivity index (χ0) is 15.3. The lowest BCUT2D eigenvalue weighted by Crippen LogP contribution is -2.38. The highest BCUT2D eigenvalue weighted by Gasteiger charge is 2.50. The molecule has 1 aliphatic rings. The fraction of sp³-hybridized carbons (Fsp3) is 0.700. The zero-order valence-electron chi connectivity index (χ0n) is 11.3. The predicted octanol–water partition coefficient (Wildman–Crippen LogP) is 1.24. The van der Waals surface area contributed by atoms with Crippen molar-refractivity contribution in [2.75, 3.05) is 0 Å². The number of aryl methyl sites for hydroxylation is 2. The highest BCUT2D eigenvalue weighted by atomic mass is 35.5. The lowest BCUT2D eigenvalue weighted by atomic mass is 10.1. The van der Waals surface area contributed by atoms with E-state index in [1.807, 2.05) is 0 Å². The van der Waals surface area contributed by atoms with E-state index in [2.05, 4.69) is 15.2 Å². The van der Waals surface area contributed by atoms with Gasteiger partial charge in [-0.25, -0.2) is 17.8 Å². The van der Waals surface area contributed by atoms with Gasteiger partial charge in [0.15, 0.2) is 22.3 Å². The molecule has 0 N–H and O–H groups in total. The summed E-state index contributed by atoms with van der Waals surface area (Å²) in [4.78, 5) is 8.74. The van der Waals surface area contributed by atoms with Crippen molar-refractivity contribution >= 4 is 26.5 Å². The fourth-order valence-electron chi connectivity index (χ4n) is 1.72. The second kappa shape index (κ2) is 4.66. The van der Waals surface area contributed by atoms with Crippen LogP contribution in [0.1, 0.15) is 30.2 Å². The molecule has 0 spiro atoms. The second-order valence-electron chi connectivity index (χ2n) is 4.99. The zero-order valence-corrected chi connectivity index (χ0v) is 12.9. The van der Waals surface area contributed by atoms with Gasteiger partial charge in [-0.15, -0.1) is 0 Å². The van der Waals surface area contributed by atoms with Crippen LogP contribution in [0.2, 0.25) is 0 Å². The summed E-state index contributed by atoms with van der Waals surface area (Å²) in [7, 11) is -2.73. The van der Waals surface area contributed by atoms with Crippen molar-refractivity contribution in [1.29, 1.82) is 0 Å². The summed E-state index contributed by atoms with van der Waals surface area (Å²) in [5, 5.41) is 6.53. The molecule has 112 valence electrons. The van der Waals surface area contributed by atoms with Gasteiger partial charge in [-0.2, -0.15) is 5.10 Å². The first-order valence-corrected chi connectivity index (χ1v) is 7.71. The molecular formula is C10H14ClFN4O3S. The van der Waals surface area contributed by atoms with Crippen LogP contribution in [0.5, 0.6) is 0 Å². The van der Waals surface area contributed by atoms with E-state index < -0.39 is 31.4 Å². The van der Waals surface area contributed by atoms with Crippen molar-refractivity contribution in [2.24, 2.45) is 12.2 Å². The largest absolute Gasteiger partial charge is 0.385 e. The van der Waals surface area contributed by atoms with Crippen molar-refractivity contribution in [2.45, 2.75) is 37.3 Å². The lowest BCUT2D eigenvalue weighted by Gasteiger charge is -2.18. The molecule has 0 saturated heterocycles. The molecule has 1 aromatic heterocycles. The Balaban J connectivity index is 2.39. The Bertz CT molecular complexity index is 670. The minimum absolute atomic E-state index is 0.00349. The van der Waals surface area contributed by atoms with E-state index in [0.717, 1.165) is 0 Å². The number of hydrogen-bond donors (Lipinski definition) is 0. The first-order valence-electron chi connectivity index (χ1n) is 5.73. The van der Waals surface area contributed by atoms with Crippen molar-refractivity contribution < 1.29 is 17.6 Å². The molecule has 10 heteroatoms. The fourth-order valence-corrected chi connectivity index (χ4v) is 3.59. The summed E-state index contributed by atoms with van der Waals surface area (Å²) in [6.45, 7) is 4.40. The third-order valence-corrected chi connectivity index (χ3v) is 5.39. The van der Waals surface area contributed by atoms with Gasteiger partial charge in [0.2, 0.25) is 14.9 Å². The molecule has 0 aliphatic carbocycles. The van der Waals surface area contributed by atoms with Gasteiger partial charge in [-0.05, 0) is 20.8 Å². The number of sulfone groups is 1. The molecule has 0 fully saturated rings. The van der Waals surface area contributed by atoms with Crippen molar-refractivity contribution in [3.05, 3.63) is 11.6 Å². The van der Waals surface area contributed by atoms with Gasteiger partial charge in [0.1, 0.15) is 5.82 Å². The second-order valence-corrected chi connectivity index (χ2v) is 7.66. The Labute approximate surface area is 120 Å². The van der Waals surface area contributed by atoms with Crippen LogP contribution in [-0.4, -0.2) is 40.0 Å². The molecule has 1 aliphatic heterocycles. The van der Waals surface area contributed by atoms with Gasteiger partial charge in [0, 0.05) is 7.05 Å². The molecule has 7 nitrogen and oxygen atoms in total. The average Bonchev–Trinajstić information content (AvgIpc) is 2.79. The average molecular weight is 325 g/mol. The monoisotopic (exact) mass is 324 g/mol. The molecule has 2 atom stereocenters. The maximum atomic E-state index is 14.1. The van der Waals surface area contributed by atoms with Crippen molar-refractivity contribution in [3.8, 4) is 0 Å². The van der Waals surface area contributed by atoms with Crippen LogP contribution in [0.3, 0.4) is 0 Å². The van der Waals surface area contributed by atoms with Crippen molar-refractivity contribution in [1.82, 2.24) is 14.8 Å². The number of halogens is 2. The normalized spacial score (nSPS) is 23.3. The van der Waals surface area contributed by atoms with E-state index in [0.29, 0.717) is 5.82 Å². The third-order valence-electron chi connectivity index (χ3n) is 2.87. The van der Waals surface area contributed by atoms with Crippen LogP contribution in [0, 0.1) is 6.92 Å². The first kappa shape index (κ1) is 15.2. The first-order chi connectivity index (χ1) is 9.07. The highest BCUT2D eigenvalue weighted by molar-refractivity contribution is 8.07. The number of alkyl halides is 2. The van der Waals surface area contributed by atoms with E-state index in [-0.39, 0.29) is 5.82 Å². The van der Waals surface area contributed by atoms with Gasteiger partial charge < -0.3 is 4.84 Å². The van der Waals surface area contributed by atoms with E-state index in [4.69, 9.17) is 16.4 Å². The molecule has 0 unspecified atom stereocenters. The Morgan fingerprint density at radius 2 is 2.10 bits per heavy atom. The molecule has 20 heavy (non-hydrogen) atoms. The lowest BCUT2D eigenvalue weighted by molar-refractivity contribution is -0.0232. The van der Waals surface area contributed by atoms with E-state index >= 15 is 0 Å². The molecule has 0 saturated carbocycles. The van der Waals surface area contributed by atoms with Crippen LogP contribution in [0.15, 0.2) is 5.16 Å². The number of aromatic nitrogens is 3. The minimum Gasteiger partial charge on any atom is -0.385 e. The maximum Gasteiger partial charge on any atom is 0.222 e. The van der Waals surface area contributed by atoms with Gasteiger partial charge in [0.05, 0.1) is 0 Å². The SMILES string of the molecule is Cc1nc([C@H](Cl)S(=O)(=O)C2=NOC(C)(C)[C@H]2F)n(C)n1. The standard InChI is InChI=1S/C10H14ClFN4O3S/c1-5-13-8(16(4)14-5)7(11)20(17,18)9-6(12)10(2,3)19-15-9/h6-7H,1-4H3/t6-,7+/m0/s1. The summed E-state index contributed by atoms with van der Waals surface area (Å²) in [6, 6.07) is 0. The molecule has 0 amide bonds. The molecule has 1 aromatic rings. The van der Waals surface area contributed by atoms with Crippen LogP contribution in [0.4, 0.5) is 4.39 Å². The molecule has 0 bridgehead atoms. The molecule has 2 rings (SSSR count). The molecular weight excluding hydrogens is 311 g/mol. The molecule has 0 radical (unpaired) electrons. The quantitative estimate of drug-likeness (QED) is 0.764. The third kappa shape index (κ3) is 2.28. The Hall–Kier alpha value is -1.22. The van der Waals surface area contributed by atoms with E-state index in [1.54, 1.807) is 6.92 Å². The topological polar surface area (TPSA) is 86.4 Å². The smallest absolute Gasteiger partial charge is 0.222 e. The highest BCUT2D eigenvalue weighted by Crippen LogP contribution is 2.35.